The Morgan fingerprint density at radius 3 is 2.69 bits per heavy atom. The van der Waals surface area contributed by atoms with Gasteiger partial charge in [-0.1, -0.05) is 6.58 Å². The molecule has 4 aromatic rings. The van der Waals surface area contributed by atoms with Crippen molar-refractivity contribution in [2.75, 3.05) is 25.9 Å². The Morgan fingerprint density at radius 1 is 1.19 bits per heavy atom. The molecule has 0 saturated carbocycles. The molecular weight excluding hydrogens is 465 g/mol. The van der Waals surface area contributed by atoms with Crippen molar-refractivity contribution >= 4 is 22.8 Å². The summed E-state index contributed by atoms with van der Waals surface area (Å²) < 4.78 is 27.8. The molecule has 1 aliphatic rings. The van der Waals surface area contributed by atoms with E-state index in [1.165, 1.54) is 18.5 Å². The highest BCUT2D eigenvalue weighted by Gasteiger charge is 2.29. The van der Waals surface area contributed by atoms with Gasteiger partial charge in [0.2, 0.25) is 17.7 Å². The first-order valence-electron chi connectivity index (χ1n) is 11.4. The number of carbonyl (C=O) groups is 1. The molecular formula is C25H24FN7O3. The van der Waals surface area contributed by atoms with Gasteiger partial charge in [-0.25, -0.2) is 14.6 Å². The van der Waals surface area contributed by atoms with Gasteiger partial charge in [-0.3, -0.25) is 4.79 Å². The van der Waals surface area contributed by atoms with Crippen molar-refractivity contribution in [3.63, 3.8) is 0 Å². The number of amides is 1. The zero-order valence-corrected chi connectivity index (χ0v) is 19.6. The number of piperidine rings is 1. The summed E-state index contributed by atoms with van der Waals surface area (Å²) in [7, 11) is 1.57. The summed E-state index contributed by atoms with van der Waals surface area (Å²) in [4.78, 5) is 26.3. The maximum absolute atomic E-state index is 15.3. The van der Waals surface area contributed by atoms with Crippen LogP contribution in [0, 0.1) is 5.95 Å². The molecule has 1 aromatic carbocycles. The van der Waals surface area contributed by atoms with Crippen LogP contribution >= 0.6 is 0 Å². The van der Waals surface area contributed by atoms with Crippen LogP contribution in [0.3, 0.4) is 0 Å². The maximum atomic E-state index is 15.3. The number of methoxy groups -OCH3 is 1. The average Bonchev–Trinajstić information content (AvgIpc) is 3.29. The zero-order chi connectivity index (χ0) is 25.2. The third kappa shape index (κ3) is 4.30. The van der Waals surface area contributed by atoms with E-state index in [1.807, 2.05) is 0 Å². The van der Waals surface area contributed by atoms with E-state index >= 15 is 4.39 Å². The number of hydrogen-bond donors (Lipinski definition) is 1. The lowest BCUT2D eigenvalue weighted by Gasteiger charge is -2.32. The average molecular weight is 490 g/mol. The van der Waals surface area contributed by atoms with Crippen LogP contribution in [0.5, 0.6) is 17.4 Å². The van der Waals surface area contributed by atoms with E-state index in [1.54, 1.807) is 47.0 Å². The second kappa shape index (κ2) is 9.61. The van der Waals surface area contributed by atoms with Crippen LogP contribution in [0.25, 0.3) is 22.3 Å². The smallest absolute Gasteiger partial charge is 0.246 e. The highest BCUT2D eigenvalue weighted by molar-refractivity contribution is 5.98. The van der Waals surface area contributed by atoms with Gasteiger partial charge in [0, 0.05) is 19.2 Å². The quantitative estimate of drug-likeness (QED) is 0.321. The van der Waals surface area contributed by atoms with Gasteiger partial charge in [0.05, 0.1) is 24.1 Å². The Hall–Kier alpha value is -4.54. The molecule has 3 aromatic heterocycles. The second-order valence-corrected chi connectivity index (χ2v) is 8.30. The van der Waals surface area contributed by atoms with Crippen LogP contribution in [0.1, 0.15) is 18.9 Å². The molecule has 1 fully saturated rings. The minimum Gasteiger partial charge on any atom is -0.497 e. The maximum Gasteiger partial charge on any atom is 0.246 e. The van der Waals surface area contributed by atoms with Gasteiger partial charge >= 0.3 is 0 Å². The van der Waals surface area contributed by atoms with Crippen molar-refractivity contribution in [3.05, 3.63) is 61.3 Å². The van der Waals surface area contributed by atoms with Gasteiger partial charge in [0.1, 0.15) is 29.3 Å². The molecule has 0 unspecified atom stereocenters. The Labute approximate surface area is 206 Å². The molecule has 36 heavy (non-hydrogen) atoms. The third-order valence-electron chi connectivity index (χ3n) is 6.11. The Bertz CT molecular complexity index is 1440. The van der Waals surface area contributed by atoms with Crippen molar-refractivity contribution < 1.29 is 18.7 Å². The van der Waals surface area contributed by atoms with E-state index in [2.05, 4.69) is 21.5 Å². The number of nitrogens with zero attached hydrogens (tertiary/aromatic N) is 6. The van der Waals surface area contributed by atoms with Crippen LogP contribution < -0.4 is 15.2 Å². The molecule has 0 radical (unpaired) electrons. The number of halogens is 1. The van der Waals surface area contributed by atoms with Crippen LogP contribution in [0.15, 0.2) is 55.4 Å². The van der Waals surface area contributed by atoms with Crippen molar-refractivity contribution in [3.8, 4) is 28.6 Å². The van der Waals surface area contributed by atoms with Gasteiger partial charge in [-0.05, 0) is 49.2 Å². The van der Waals surface area contributed by atoms with Gasteiger partial charge in [0.15, 0.2) is 5.65 Å². The van der Waals surface area contributed by atoms with Gasteiger partial charge in [-0.2, -0.15) is 14.5 Å². The molecule has 1 amide bonds. The number of nitrogens with two attached hydrogens (primary N) is 1. The number of nitrogen functional groups attached to an aromatic ring is 1. The topological polar surface area (TPSA) is 121 Å². The lowest BCUT2D eigenvalue weighted by Crippen LogP contribution is -2.40. The number of benzene rings is 1. The molecule has 1 atom stereocenters. The Morgan fingerprint density at radius 2 is 1.97 bits per heavy atom. The van der Waals surface area contributed by atoms with E-state index in [-0.39, 0.29) is 34.9 Å². The largest absolute Gasteiger partial charge is 0.497 e. The van der Waals surface area contributed by atoms with E-state index in [4.69, 9.17) is 20.3 Å². The molecule has 1 aliphatic heterocycles. The van der Waals surface area contributed by atoms with Gasteiger partial charge < -0.3 is 20.1 Å². The third-order valence-corrected chi connectivity index (χ3v) is 6.11. The van der Waals surface area contributed by atoms with Crippen LogP contribution in [0.2, 0.25) is 0 Å². The summed E-state index contributed by atoms with van der Waals surface area (Å²) >= 11 is 0. The molecule has 10 nitrogen and oxygen atoms in total. The summed E-state index contributed by atoms with van der Waals surface area (Å²) in [5.41, 5.74) is 7.06. The van der Waals surface area contributed by atoms with Crippen molar-refractivity contribution in [1.29, 1.82) is 0 Å². The molecule has 0 aliphatic carbocycles. The highest BCUT2D eigenvalue weighted by Crippen LogP contribution is 2.35. The number of ether oxygens (including phenoxy) is 2. The molecule has 5 rings (SSSR count). The number of carbonyl (C=O) groups excluding carboxylic acids is 1. The lowest BCUT2D eigenvalue weighted by atomic mass is 10.1. The number of likely N-dealkylation sites (tertiary alicyclic amines) is 1. The van der Waals surface area contributed by atoms with Crippen molar-refractivity contribution in [2.24, 2.45) is 0 Å². The van der Waals surface area contributed by atoms with Crippen molar-refractivity contribution in [1.82, 2.24) is 29.6 Å². The second-order valence-electron chi connectivity index (χ2n) is 8.30. The number of hydrogen-bond acceptors (Lipinski definition) is 8. The normalized spacial score (nSPS) is 15.6. The van der Waals surface area contributed by atoms with Crippen LogP contribution in [-0.4, -0.2) is 55.7 Å². The summed E-state index contributed by atoms with van der Waals surface area (Å²) in [6.45, 7) is 4.64. The number of anilines is 1. The molecule has 11 heteroatoms. The molecule has 2 N–H and O–H groups in total. The predicted octanol–water partition coefficient (Wildman–Crippen LogP) is 3.76. The molecule has 1 saturated heterocycles. The van der Waals surface area contributed by atoms with Gasteiger partial charge in [-0.15, -0.1) is 0 Å². The number of fused-ring (bicyclic) bond motifs is 1. The van der Waals surface area contributed by atoms with E-state index in [0.29, 0.717) is 35.6 Å². The monoisotopic (exact) mass is 489 g/mol. The van der Waals surface area contributed by atoms with E-state index in [0.717, 1.165) is 12.8 Å². The summed E-state index contributed by atoms with van der Waals surface area (Å²) in [5, 5.41) is 5.12. The summed E-state index contributed by atoms with van der Waals surface area (Å²) in [6, 6.07) is 9.79. The summed E-state index contributed by atoms with van der Waals surface area (Å²) in [6.07, 6.45) is 4.20. The standard InChI is InChI=1S/C25H24FN7O3/c1-3-20(34)32-12-4-5-15(13-32)33-25-21(24(27)28-14-29-25)22(31-33)18-10-11-19(30-23(18)26)36-17-8-6-16(35-2)7-9-17/h3,6-11,14-15H,1,4-5,12-13H2,2H3,(H2,27,28,29)/t15-/m1/s1. The van der Waals surface area contributed by atoms with Crippen LogP contribution in [0.4, 0.5) is 10.2 Å². The molecule has 0 spiro atoms. The fourth-order valence-corrected chi connectivity index (χ4v) is 4.34. The lowest BCUT2D eigenvalue weighted by molar-refractivity contribution is -0.127. The minimum absolute atomic E-state index is 0.0836. The first-order chi connectivity index (χ1) is 17.5. The van der Waals surface area contributed by atoms with Crippen molar-refractivity contribution in [2.45, 2.75) is 18.9 Å². The molecule has 184 valence electrons. The van der Waals surface area contributed by atoms with Gasteiger partial charge in [0.25, 0.3) is 0 Å². The molecule has 4 heterocycles. The predicted molar refractivity (Wildman–Crippen MR) is 131 cm³/mol. The zero-order valence-electron chi connectivity index (χ0n) is 19.6. The fraction of sp³-hybridized carbons (Fsp3) is 0.240. The Kier molecular flexibility index (Phi) is 6.19. The Balaban J connectivity index is 1.50. The summed E-state index contributed by atoms with van der Waals surface area (Å²) in [5.74, 6) is 0.498. The SMILES string of the molecule is C=CC(=O)N1CCC[C@@H](n2nc(-c3ccc(Oc4ccc(OC)cc4)nc3F)c3c(N)ncnc32)C1. The number of aromatic nitrogens is 5. The number of pyridine rings is 1. The first kappa shape index (κ1) is 23.2. The van der Waals surface area contributed by atoms with E-state index < -0.39 is 5.95 Å². The fourth-order valence-electron chi connectivity index (χ4n) is 4.34. The first-order valence-corrected chi connectivity index (χ1v) is 11.4. The number of rotatable bonds is 6. The van der Waals surface area contributed by atoms with E-state index in [9.17, 15) is 4.79 Å². The highest BCUT2D eigenvalue weighted by atomic mass is 19.1. The minimum atomic E-state index is -0.775. The van der Waals surface area contributed by atoms with Crippen LogP contribution in [-0.2, 0) is 4.79 Å². The molecule has 0 bridgehead atoms.